The molecule has 1 atom stereocenters. The maximum absolute atomic E-state index is 12.1. The van der Waals surface area contributed by atoms with Gasteiger partial charge in [-0.3, -0.25) is 4.79 Å². The number of thioether (sulfide) groups is 1. The molecule has 0 aromatic heterocycles. The molecule has 2 aromatic rings. The fourth-order valence-electron chi connectivity index (χ4n) is 2.50. The minimum absolute atomic E-state index is 0.0741. The van der Waals surface area contributed by atoms with Gasteiger partial charge in [0, 0.05) is 5.02 Å². The number of hydrogen-bond acceptors (Lipinski definition) is 6. The van der Waals surface area contributed by atoms with Crippen LogP contribution in [0.1, 0.15) is 11.1 Å². The third-order valence-corrected chi connectivity index (χ3v) is 5.20. The minimum atomic E-state index is -0.235. The van der Waals surface area contributed by atoms with Crippen molar-refractivity contribution < 1.29 is 14.3 Å². The molecule has 0 bridgehead atoms. The molecule has 1 aliphatic rings. The van der Waals surface area contributed by atoms with Crippen molar-refractivity contribution in [1.29, 1.82) is 0 Å². The van der Waals surface area contributed by atoms with Crippen LogP contribution in [0.5, 0.6) is 11.5 Å². The number of rotatable bonds is 6. The average Bonchev–Trinajstić information content (AvgIpc) is 3.02. The molecule has 0 saturated carbocycles. The number of ether oxygens (including phenoxy) is 2. The maximum atomic E-state index is 12.1. The van der Waals surface area contributed by atoms with Crippen LogP contribution in [0.3, 0.4) is 0 Å². The molecule has 2 aromatic carbocycles. The molecule has 1 aliphatic heterocycles. The molecule has 0 unspecified atom stereocenters. The summed E-state index contributed by atoms with van der Waals surface area (Å²) in [5, 5.41) is 11.8. The van der Waals surface area contributed by atoms with Crippen LogP contribution >= 0.6 is 23.4 Å². The first kappa shape index (κ1) is 19.3. The third-order valence-electron chi connectivity index (χ3n) is 3.87. The second-order valence-corrected chi connectivity index (χ2v) is 7.32. The van der Waals surface area contributed by atoms with Gasteiger partial charge in [0.05, 0.1) is 25.7 Å². The molecule has 0 spiro atoms. The summed E-state index contributed by atoms with van der Waals surface area (Å²) < 4.78 is 10.5. The number of hydrogen-bond donors (Lipinski definition) is 1. The molecule has 1 fully saturated rings. The van der Waals surface area contributed by atoms with Crippen molar-refractivity contribution in [2.24, 2.45) is 10.2 Å². The predicted octanol–water partition coefficient (Wildman–Crippen LogP) is 3.52. The number of halogens is 1. The lowest BCUT2D eigenvalue weighted by Gasteiger charge is -2.07. The second kappa shape index (κ2) is 8.92. The molecule has 1 N–H and O–H groups in total. The molecule has 3 rings (SSSR count). The molecule has 8 heteroatoms. The monoisotopic (exact) mass is 403 g/mol. The van der Waals surface area contributed by atoms with Gasteiger partial charge < -0.3 is 14.8 Å². The predicted molar refractivity (Wildman–Crippen MR) is 109 cm³/mol. The Morgan fingerprint density at radius 1 is 1.15 bits per heavy atom. The number of amidine groups is 1. The van der Waals surface area contributed by atoms with Gasteiger partial charge in [0.1, 0.15) is 0 Å². The van der Waals surface area contributed by atoms with Crippen LogP contribution in [0.25, 0.3) is 0 Å². The first-order valence-electron chi connectivity index (χ1n) is 8.14. The van der Waals surface area contributed by atoms with Gasteiger partial charge in [-0.25, -0.2) is 0 Å². The lowest BCUT2D eigenvalue weighted by Crippen LogP contribution is -2.25. The van der Waals surface area contributed by atoms with Crippen molar-refractivity contribution in [3.05, 3.63) is 58.6 Å². The first-order chi connectivity index (χ1) is 13.1. The van der Waals surface area contributed by atoms with E-state index in [-0.39, 0.29) is 11.2 Å². The van der Waals surface area contributed by atoms with Crippen LogP contribution in [0.4, 0.5) is 0 Å². The smallest absolute Gasteiger partial charge is 0.239 e. The Balaban J connectivity index is 1.63. The molecule has 1 heterocycles. The zero-order valence-electron chi connectivity index (χ0n) is 14.8. The van der Waals surface area contributed by atoms with Crippen molar-refractivity contribution in [3.8, 4) is 11.5 Å². The highest BCUT2D eigenvalue weighted by Gasteiger charge is 2.30. The molecule has 0 radical (unpaired) electrons. The van der Waals surface area contributed by atoms with E-state index in [1.165, 1.54) is 11.8 Å². The molecule has 140 valence electrons. The number of carbonyl (C=O) groups excluding carboxylic acids is 1. The van der Waals surface area contributed by atoms with E-state index in [9.17, 15) is 4.79 Å². The van der Waals surface area contributed by atoms with Crippen molar-refractivity contribution in [1.82, 2.24) is 5.32 Å². The standard InChI is InChI=1S/C19H18ClN3O3S/c1-25-15-8-5-13(9-16(15)26-2)11-21-23-19-22-18(24)17(27-19)10-12-3-6-14(20)7-4-12/h3-9,11,17H,10H2,1-2H3,(H,22,23,24)/b21-11-/t17-/m1/s1. The highest BCUT2D eigenvalue weighted by atomic mass is 35.5. The van der Waals surface area contributed by atoms with E-state index in [2.05, 4.69) is 15.5 Å². The van der Waals surface area contributed by atoms with Crippen LogP contribution in [0, 0.1) is 0 Å². The van der Waals surface area contributed by atoms with Crippen LogP contribution in [0.2, 0.25) is 5.02 Å². The molecule has 1 saturated heterocycles. The number of carbonyl (C=O) groups is 1. The summed E-state index contributed by atoms with van der Waals surface area (Å²) in [5.74, 6) is 1.18. The number of methoxy groups -OCH3 is 2. The fraction of sp³-hybridized carbons (Fsp3) is 0.211. The quantitative estimate of drug-likeness (QED) is 0.591. The van der Waals surface area contributed by atoms with Gasteiger partial charge in [-0.2, -0.15) is 5.10 Å². The third kappa shape index (κ3) is 5.02. The van der Waals surface area contributed by atoms with Crippen molar-refractivity contribution >= 4 is 40.7 Å². The fourth-order valence-corrected chi connectivity index (χ4v) is 3.59. The summed E-state index contributed by atoms with van der Waals surface area (Å²) in [5.41, 5.74) is 1.85. The van der Waals surface area contributed by atoms with E-state index in [1.54, 1.807) is 32.6 Å². The van der Waals surface area contributed by atoms with Gasteiger partial charge in [-0.1, -0.05) is 35.5 Å². The normalized spacial score (nSPS) is 18.1. The highest BCUT2D eigenvalue weighted by molar-refractivity contribution is 8.15. The number of amides is 1. The number of benzene rings is 2. The van der Waals surface area contributed by atoms with E-state index in [1.807, 2.05) is 30.3 Å². The molecule has 0 aliphatic carbocycles. The Bertz CT molecular complexity index is 884. The Morgan fingerprint density at radius 3 is 2.59 bits per heavy atom. The van der Waals surface area contributed by atoms with Crippen LogP contribution in [0.15, 0.2) is 52.7 Å². The van der Waals surface area contributed by atoms with Crippen molar-refractivity contribution in [2.75, 3.05) is 14.2 Å². The number of nitrogens with zero attached hydrogens (tertiary/aromatic N) is 2. The van der Waals surface area contributed by atoms with Gasteiger partial charge in [0.25, 0.3) is 0 Å². The van der Waals surface area contributed by atoms with E-state index >= 15 is 0 Å². The second-order valence-electron chi connectivity index (χ2n) is 5.69. The van der Waals surface area contributed by atoms with E-state index in [0.29, 0.717) is 28.1 Å². The summed E-state index contributed by atoms with van der Waals surface area (Å²) >= 11 is 7.25. The van der Waals surface area contributed by atoms with Gasteiger partial charge in [-0.05, 0) is 47.9 Å². The topological polar surface area (TPSA) is 72.3 Å². The Kier molecular flexibility index (Phi) is 6.36. The van der Waals surface area contributed by atoms with Crippen LogP contribution in [-0.2, 0) is 11.2 Å². The Hall–Kier alpha value is -2.51. The van der Waals surface area contributed by atoms with Crippen LogP contribution < -0.4 is 14.8 Å². The summed E-state index contributed by atoms with van der Waals surface area (Å²) in [7, 11) is 3.16. The lowest BCUT2D eigenvalue weighted by molar-refractivity contribution is -0.118. The summed E-state index contributed by atoms with van der Waals surface area (Å²) in [4.78, 5) is 12.1. The van der Waals surface area contributed by atoms with Gasteiger partial charge in [0.15, 0.2) is 16.7 Å². The minimum Gasteiger partial charge on any atom is -0.493 e. The molecule has 6 nitrogen and oxygen atoms in total. The summed E-state index contributed by atoms with van der Waals surface area (Å²) in [6.07, 6.45) is 2.19. The van der Waals surface area contributed by atoms with E-state index in [4.69, 9.17) is 21.1 Å². The summed E-state index contributed by atoms with van der Waals surface area (Å²) in [6, 6.07) is 12.9. The van der Waals surface area contributed by atoms with Crippen LogP contribution in [-0.4, -0.2) is 36.8 Å². The van der Waals surface area contributed by atoms with Gasteiger partial charge in [0.2, 0.25) is 5.91 Å². The van der Waals surface area contributed by atoms with Crippen molar-refractivity contribution in [2.45, 2.75) is 11.7 Å². The number of nitrogens with one attached hydrogen (secondary N) is 1. The first-order valence-corrected chi connectivity index (χ1v) is 9.40. The average molecular weight is 404 g/mol. The highest BCUT2D eigenvalue weighted by Crippen LogP contribution is 2.27. The Labute approximate surface area is 166 Å². The van der Waals surface area contributed by atoms with E-state index in [0.717, 1.165) is 11.1 Å². The largest absolute Gasteiger partial charge is 0.493 e. The lowest BCUT2D eigenvalue weighted by atomic mass is 10.1. The van der Waals surface area contributed by atoms with E-state index < -0.39 is 0 Å². The maximum Gasteiger partial charge on any atom is 0.239 e. The molecule has 1 amide bonds. The molecular weight excluding hydrogens is 386 g/mol. The van der Waals surface area contributed by atoms with Gasteiger partial charge >= 0.3 is 0 Å². The molecular formula is C19H18ClN3O3S. The zero-order chi connectivity index (χ0) is 19.2. The zero-order valence-corrected chi connectivity index (χ0v) is 16.4. The van der Waals surface area contributed by atoms with Crippen molar-refractivity contribution in [3.63, 3.8) is 0 Å². The SMILES string of the molecule is COc1ccc(/C=N\N=C2/NC(=O)[C@@H](Cc3ccc(Cl)cc3)S2)cc1OC. The Morgan fingerprint density at radius 2 is 1.89 bits per heavy atom. The molecule has 27 heavy (non-hydrogen) atoms. The summed E-state index contributed by atoms with van der Waals surface area (Å²) in [6.45, 7) is 0. The van der Waals surface area contributed by atoms with Gasteiger partial charge in [-0.15, -0.1) is 5.10 Å².